The minimum Gasteiger partial charge on any atom is -0.459 e. The van der Waals surface area contributed by atoms with Crippen molar-refractivity contribution in [1.29, 1.82) is 0 Å². The van der Waals surface area contributed by atoms with Crippen molar-refractivity contribution in [2.45, 2.75) is 32.3 Å². The zero-order valence-electron chi connectivity index (χ0n) is 16.0. The molecule has 0 aliphatic heterocycles. The number of rotatable bonds is 9. The summed E-state index contributed by atoms with van der Waals surface area (Å²) in [4.78, 5) is 35.9. The predicted octanol–water partition coefficient (Wildman–Crippen LogP) is 1.52. The van der Waals surface area contributed by atoms with Gasteiger partial charge >= 0.3 is 12.1 Å². The standard InChI is InChI=1S/C21H24N2O6/c1-15(24)19(20(26)28-13-16-8-4-2-5-9-16)23-18(25)12-22-21(27)29-14-17-10-6-3-7-11-17/h2-11,15,19,24H,12-14H2,1H3,(H,22,27)(H,23,25)/t15-,19+/m0/s1. The van der Waals surface area contributed by atoms with Gasteiger partial charge in [0.05, 0.1) is 6.10 Å². The number of esters is 1. The molecule has 0 unspecified atom stereocenters. The third-order valence-electron chi connectivity index (χ3n) is 3.88. The summed E-state index contributed by atoms with van der Waals surface area (Å²) in [5.74, 6) is -1.44. The molecule has 0 spiro atoms. The number of nitrogens with one attached hydrogen (secondary N) is 2. The van der Waals surface area contributed by atoms with Crippen molar-refractivity contribution in [3.63, 3.8) is 0 Å². The lowest BCUT2D eigenvalue weighted by atomic mass is 10.2. The number of amides is 2. The molecule has 0 heterocycles. The van der Waals surface area contributed by atoms with Crippen molar-refractivity contribution in [3.8, 4) is 0 Å². The van der Waals surface area contributed by atoms with Gasteiger partial charge in [-0.2, -0.15) is 0 Å². The van der Waals surface area contributed by atoms with Crippen LogP contribution in [0.3, 0.4) is 0 Å². The van der Waals surface area contributed by atoms with E-state index >= 15 is 0 Å². The van der Waals surface area contributed by atoms with E-state index in [9.17, 15) is 19.5 Å². The van der Waals surface area contributed by atoms with Crippen LogP contribution in [0.15, 0.2) is 60.7 Å². The van der Waals surface area contributed by atoms with Crippen LogP contribution < -0.4 is 10.6 Å². The van der Waals surface area contributed by atoms with E-state index in [4.69, 9.17) is 9.47 Å². The van der Waals surface area contributed by atoms with Crippen LogP contribution in [0.1, 0.15) is 18.1 Å². The van der Waals surface area contributed by atoms with E-state index < -0.39 is 36.7 Å². The van der Waals surface area contributed by atoms with E-state index in [1.165, 1.54) is 6.92 Å². The summed E-state index contributed by atoms with van der Waals surface area (Å²) in [5, 5.41) is 14.4. The van der Waals surface area contributed by atoms with Crippen LogP contribution in [0.25, 0.3) is 0 Å². The number of benzene rings is 2. The van der Waals surface area contributed by atoms with Crippen LogP contribution in [0.5, 0.6) is 0 Å². The molecule has 0 aliphatic rings. The molecule has 2 amide bonds. The largest absolute Gasteiger partial charge is 0.459 e. The van der Waals surface area contributed by atoms with Gasteiger partial charge in [0, 0.05) is 0 Å². The molecule has 0 fully saturated rings. The minimum absolute atomic E-state index is 0.0167. The quantitative estimate of drug-likeness (QED) is 0.550. The molecule has 29 heavy (non-hydrogen) atoms. The maximum atomic E-state index is 12.2. The van der Waals surface area contributed by atoms with Gasteiger partial charge in [0.15, 0.2) is 6.04 Å². The van der Waals surface area contributed by atoms with E-state index in [-0.39, 0.29) is 13.2 Å². The topological polar surface area (TPSA) is 114 Å². The molecule has 154 valence electrons. The van der Waals surface area contributed by atoms with Gasteiger partial charge in [-0.15, -0.1) is 0 Å². The Hall–Kier alpha value is -3.39. The van der Waals surface area contributed by atoms with Crippen molar-refractivity contribution in [2.24, 2.45) is 0 Å². The van der Waals surface area contributed by atoms with Crippen molar-refractivity contribution in [1.82, 2.24) is 10.6 Å². The SMILES string of the molecule is C[C@H](O)[C@@H](NC(=O)CNC(=O)OCc1ccccc1)C(=O)OCc1ccccc1. The first-order chi connectivity index (χ1) is 14.0. The van der Waals surface area contributed by atoms with Gasteiger partial charge in [0.2, 0.25) is 5.91 Å². The maximum Gasteiger partial charge on any atom is 0.407 e. The van der Waals surface area contributed by atoms with Crippen molar-refractivity contribution in [2.75, 3.05) is 6.54 Å². The molecule has 0 saturated carbocycles. The molecule has 2 rings (SSSR count). The van der Waals surface area contributed by atoms with Gasteiger partial charge in [-0.3, -0.25) is 4.79 Å². The number of alkyl carbamates (subject to hydrolysis) is 1. The van der Waals surface area contributed by atoms with Crippen LogP contribution in [-0.2, 0) is 32.3 Å². The third-order valence-corrected chi connectivity index (χ3v) is 3.88. The molecule has 0 aromatic heterocycles. The average molecular weight is 400 g/mol. The van der Waals surface area contributed by atoms with Crippen LogP contribution in [0.4, 0.5) is 4.79 Å². The molecule has 8 heteroatoms. The molecule has 2 aromatic rings. The van der Waals surface area contributed by atoms with Crippen LogP contribution in [-0.4, -0.2) is 41.8 Å². The number of aliphatic hydroxyl groups excluding tert-OH is 1. The lowest BCUT2D eigenvalue weighted by Crippen LogP contribution is -2.51. The zero-order chi connectivity index (χ0) is 21.1. The first-order valence-electron chi connectivity index (χ1n) is 9.08. The van der Waals surface area contributed by atoms with Gasteiger partial charge in [-0.05, 0) is 18.1 Å². The van der Waals surface area contributed by atoms with E-state index in [1.54, 1.807) is 36.4 Å². The summed E-state index contributed by atoms with van der Waals surface area (Å²) in [5.41, 5.74) is 1.58. The van der Waals surface area contributed by atoms with E-state index in [0.717, 1.165) is 11.1 Å². The molecule has 3 N–H and O–H groups in total. The molecule has 2 aromatic carbocycles. The zero-order valence-corrected chi connectivity index (χ0v) is 16.0. The fourth-order valence-corrected chi connectivity index (χ4v) is 2.35. The normalized spacial score (nSPS) is 12.3. The van der Waals surface area contributed by atoms with E-state index in [2.05, 4.69) is 10.6 Å². The molecule has 0 radical (unpaired) electrons. The Kier molecular flexibility index (Phi) is 8.65. The second-order valence-corrected chi connectivity index (χ2v) is 6.29. The average Bonchev–Trinajstić information content (AvgIpc) is 2.74. The van der Waals surface area contributed by atoms with Gasteiger partial charge in [0.25, 0.3) is 0 Å². The number of carbonyl (C=O) groups is 3. The molecule has 0 saturated heterocycles. The molecule has 0 aliphatic carbocycles. The number of aliphatic hydroxyl groups is 1. The van der Waals surface area contributed by atoms with Crippen LogP contribution >= 0.6 is 0 Å². The number of hydrogen-bond donors (Lipinski definition) is 3. The molecular formula is C21H24N2O6. The second-order valence-electron chi connectivity index (χ2n) is 6.29. The van der Waals surface area contributed by atoms with Gasteiger partial charge in [-0.25, -0.2) is 9.59 Å². The highest BCUT2D eigenvalue weighted by atomic mass is 16.5. The Morgan fingerprint density at radius 1 is 0.897 bits per heavy atom. The first-order valence-corrected chi connectivity index (χ1v) is 9.08. The number of ether oxygens (including phenoxy) is 2. The summed E-state index contributed by atoms with van der Waals surface area (Å²) >= 11 is 0. The monoisotopic (exact) mass is 400 g/mol. The summed E-state index contributed by atoms with van der Waals surface area (Å²) in [6.45, 7) is 1.03. The Bertz CT molecular complexity index is 795. The van der Waals surface area contributed by atoms with E-state index in [1.807, 2.05) is 24.3 Å². The Labute approximate surface area is 168 Å². The smallest absolute Gasteiger partial charge is 0.407 e. The number of hydrogen-bond acceptors (Lipinski definition) is 6. The molecule has 2 atom stereocenters. The summed E-state index contributed by atoms with van der Waals surface area (Å²) in [6, 6.07) is 16.8. The van der Waals surface area contributed by atoms with Crippen molar-refractivity contribution < 1.29 is 29.0 Å². The second kappa shape index (κ2) is 11.5. The van der Waals surface area contributed by atoms with Crippen molar-refractivity contribution >= 4 is 18.0 Å². The highest BCUT2D eigenvalue weighted by Gasteiger charge is 2.27. The highest BCUT2D eigenvalue weighted by Crippen LogP contribution is 2.04. The Balaban J connectivity index is 1.74. The third kappa shape index (κ3) is 8.02. The molecular weight excluding hydrogens is 376 g/mol. The van der Waals surface area contributed by atoms with Gasteiger partial charge in [-0.1, -0.05) is 60.7 Å². The summed E-state index contributed by atoms with van der Waals surface area (Å²) in [6.07, 6.45) is -1.95. The van der Waals surface area contributed by atoms with Gasteiger partial charge in [0.1, 0.15) is 19.8 Å². The summed E-state index contributed by atoms with van der Waals surface area (Å²) in [7, 11) is 0. The molecule has 0 bridgehead atoms. The number of carbonyl (C=O) groups excluding carboxylic acids is 3. The molecule has 8 nitrogen and oxygen atoms in total. The Morgan fingerprint density at radius 2 is 1.41 bits per heavy atom. The van der Waals surface area contributed by atoms with Crippen LogP contribution in [0, 0.1) is 0 Å². The van der Waals surface area contributed by atoms with Gasteiger partial charge < -0.3 is 25.2 Å². The fraction of sp³-hybridized carbons (Fsp3) is 0.286. The van der Waals surface area contributed by atoms with E-state index in [0.29, 0.717) is 0 Å². The minimum atomic E-state index is -1.26. The summed E-state index contributed by atoms with van der Waals surface area (Å²) < 4.78 is 10.1. The van der Waals surface area contributed by atoms with Crippen LogP contribution in [0.2, 0.25) is 0 Å². The lowest BCUT2D eigenvalue weighted by molar-refractivity contribution is -0.152. The first kappa shape index (κ1) is 21.9. The Morgan fingerprint density at radius 3 is 1.93 bits per heavy atom. The highest BCUT2D eigenvalue weighted by molar-refractivity contribution is 5.87. The fourth-order valence-electron chi connectivity index (χ4n) is 2.35. The van der Waals surface area contributed by atoms with Crippen molar-refractivity contribution in [3.05, 3.63) is 71.8 Å². The predicted molar refractivity (Wildman–Crippen MR) is 104 cm³/mol. The maximum absolute atomic E-state index is 12.2. The lowest BCUT2D eigenvalue weighted by Gasteiger charge is -2.20.